The topological polar surface area (TPSA) is 35.0 Å². The minimum atomic E-state index is 0.599. The Bertz CT molecular complexity index is 265. The molecule has 3 heteroatoms. The van der Waals surface area contributed by atoms with Gasteiger partial charge >= 0.3 is 0 Å². The predicted molar refractivity (Wildman–Crippen MR) is 49.8 cm³/mol. The fourth-order valence-corrected chi connectivity index (χ4v) is 1.88. The molecule has 0 spiro atoms. The van der Waals surface area contributed by atoms with E-state index < -0.39 is 0 Å². The highest BCUT2D eigenvalue weighted by atomic mass is 16.5. The molecule has 1 fully saturated rings. The van der Waals surface area contributed by atoms with E-state index in [1.54, 1.807) is 7.11 Å². The van der Waals surface area contributed by atoms with Crippen LogP contribution in [0.3, 0.4) is 0 Å². The van der Waals surface area contributed by atoms with Crippen LogP contribution in [0, 0.1) is 0 Å². The van der Waals surface area contributed by atoms with Crippen molar-refractivity contribution in [1.82, 2.24) is 10.2 Å². The monoisotopic (exact) mass is 178 g/mol. The summed E-state index contributed by atoms with van der Waals surface area (Å²) in [4.78, 5) is 0. The van der Waals surface area contributed by atoms with Gasteiger partial charge in [0.15, 0.2) is 0 Å². The normalized spacial score (nSPS) is 17.6. The molecule has 0 aromatic carbocycles. The van der Waals surface area contributed by atoms with Gasteiger partial charge in [-0.3, -0.25) is 0 Å². The van der Waals surface area contributed by atoms with Gasteiger partial charge in [-0.1, -0.05) is 12.8 Å². The van der Waals surface area contributed by atoms with Gasteiger partial charge < -0.3 is 4.74 Å². The lowest BCUT2D eigenvalue weighted by Gasteiger charge is -2.06. The Morgan fingerprint density at radius 3 is 2.54 bits per heavy atom. The number of ether oxygens (including phenoxy) is 1. The summed E-state index contributed by atoms with van der Waals surface area (Å²) < 4.78 is 4.96. The lowest BCUT2D eigenvalue weighted by Crippen LogP contribution is -1.99. The van der Waals surface area contributed by atoms with Crippen LogP contribution in [-0.4, -0.2) is 17.3 Å². The van der Waals surface area contributed by atoms with Crippen LogP contribution in [0.5, 0.6) is 5.88 Å². The zero-order chi connectivity index (χ0) is 9.10. The molecule has 0 N–H and O–H groups in total. The summed E-state index contributed by atoms with van der Waals surface area (Å²) in [6, 6.07) is 3.92. The number of nitrogens with zero attached hydrogens (tertiary/aromatic N) is 2. The Kier molecular flexibility index (Phi) is 2.43. The SMILES string of the molecule is COc1ccc(C2CCCC2)nn1. The van der Waals surface area contributed by atoms with Gasteiger partial charge in [0, 0.05) is 12.0 Å². The molecule has 3 nitrogen and oxygen atoms in total. The van der Waals surface area contributed by atoms with Gasteiger partial charge in [0.05, 0.1) is 12.8 Å². The van der Waals surface area contributed by atoms with Crippen molar-refractivity contribution in [3.63, 3.8) is 0 Å². The van der Waals surface area contributed by atoms with Crippen molar-refractivity contribution in [1.29, 1.82) is 0 Å². The number of aromatic nitrogens is 2. The summed E-state index contributed by atoms with van der Waals surface area (Å²) in [5.74, 6) is 1.24. The van der Waals surface area contributed by atoms with Crippen LogP contribution < -0.4 is 4.74 Å². The molecule has 0 amide bonds. The zero-order valence-electron chi connectivity index (χ0n) is 7.86. The maximum Gasteiger partial charge on any atom is 0.233 e. The first kappa shape index (κ1) is 8.48. The maximum atomic E-state index is 4.96. The van der Waals surface area contributed by atoms with Gasteiger partial charge in [0.25, 0.3) is 0 Å². The van der Waals surface area contributed by atoms with Crippen LogP contribution in [0.1, 0.15) is 37.3 Å². The van der Waals surface area contributed by atoms with Crippen molar-refractivity contribution in [2.75, 3.05) is 7.11 Å². The zero-order valence-corrected chi connectivity index (χ0v) is 7.86. The van der Waals surface area contributed by atoms with Gasteiger partial charge in [-0.2, -0.15) is 5.10 Å². The lowest BCUT2D eigenvalue weighted by atomic mass is 10.0. The first-order valence-electron chi connectivity index (χ1n) is 4.78. The smallest absolute Gasteiger partial charge is 0.233 e. The molecular formula is C10H14N2O. The molecule has 1 heterocycles. The van der Waals surface area contributed by atoms with Crippen molar-refractivity contribution >= 4 is 0 Å². The highest BCUT2D eigenvalue weighted by Gasteiger charge is 2.18. The number of methoxy groups -OCH3 is 1. The van der Waals surface area contributed by atoms with E-state index in [0.717, 1.165) is 5.69 Å². The first-order chi connectivity index (χ1) is 6.40. The van der Waals surface area contributed by atoms with Crippen molar-refractivity contribution in [3.8, 4) is 5.88 Å². The van der Waals surface area contributed by atoms with Crippen LogP contribution in [0.4, 0.5) is 0 Å². The molecule has 1 aliphatic rings. The van der Waals surface area contributed by atoms with Crippen LogP contribution in [-0.2, 0) is 0 Å². The van der Waals surface area contributed by atoms with Crippen LogP contribution >= 0.6 is 0 Å². The average Bonchev–Trinajstić information content (AvgIpc) is 2.71. The molecule has 1 aromatic rings. The van der Waals surface area contributed by atoms with E-state index in [9.17, 15) is 0 Å². The third-order valence-electron chi connectivity index (χ3n) is 2.64. The standard InChI is InChI=1S/C10H14N2O/c1-13-10-7-6-9(11-12-10)8-4-2-3-5-8/h6-8H,2-5H2,1H3. The molecule has 0 unspecified atom stereocenters. The van der Waals surface area contributed by atoms with Crippen molar-refractivity contribution in [2.45, 2.75) is 31.6 Å². The van der Waals surface area contributed by atoms with Gasteiger partial charge in [-0.25, -0.2) is 0 Å². The summed E-state index contributed by atoms with van der Waals surface area (Å²) in [6.07, 6.45) is 5.19. The van der Waals surface area contributed by atoms with E-state index in [4.69, 9.17) is 4.74 Å². The molecule has 0 saturated heterocycles. The van der Waals surface area contributed by atoms with Crippen molar-refractivity contribution in [2.24, 2.45) is 0 Å². The number of hydrogen-bond acceptors (Lipinski definition) is 3. The van der Waals surface area contributed by atoms with Gasteiger partial charge in [-0.15, -0.1) is 5.10 Å². The Hall–Kier alpha value is -1.12. The lowest BCUT2D eigenvalue weighted by molar-refractivity contribution is 0.390. The first-order valence-corrected chi connectivity index (χ1v) is 4.78. The molecule has 0 aliphatic heterocycles. The summed E-state index contributed by atoms with van der Waals surface area (Å²) in [7, 11) is 1.61. The largest absolute Gasteiger partial charge is 0.480 e. The molecular weight excluding hydrogens is 164 g/mol. The maximum absolute atomic E-state index is 4.96. The van der Waals surface area contributed by atoms with Crippen molar-refractivity contribution < 1.29 is 4.74 Å². The molecule has 1 aromatic heterocycles. The van der Waals surface area contributed by atoms with Gasteiger partial charge in [0.2, 0.25) is 5.88 Å². The van der Waals surface area contributed by atoms with Crippen molar-refractivity contribution in [3.05, 3.63) is 17.8 Å². The molecule has 1 saturated carbocycles. The van der Waals surface area contributed by atoms with E-state index in [1.807, 2.05) is 12.1 Å². The third kappa shape index (κ3) is 1.79. The minimum absolute atomic E-state index is 0.599. The van der Waals surface area contributed by atoms with E-state index in [1.165, 1.54) is 25.7 Å². The molecule has 70 valence electrons. The second-order valence-corrected chi connectivity index (χ2v) is 3.48. The van der Waals surface area contributed by atoms with E-state index in [0.29, 0.717) is 11.8 Å². The molecule has 0 atom stereocenters. The molecule has 0 bridgehead atoms. The minimum Gasteiger partial charge on any atom is -0.480 e. The Morgan fingerprint density at radius 2 is 2.00 bits per heavy atom. The van der Waals surface area contributed by atoms with Crippen LogP contribution in [0.25, 0.3) is 0 Å². The Labute approximate surface area is 78.1 Å². The second kappa shape index (κ2) is 3.73. The summed E-state index contributed by atoms with van der Waals surface area (Å²) in [6.45, 7) is 0. The van der Waals surface area contributed by atoms with Gasteiger partial charge in [-0.05, 0) is 18.9 Å². The highest BCUT2D eigenvalue weighted by Crippen LogP contribution is 2.32. The predicted octanol–water partition coefficient (Wildman–Crippen LogP) is 2.14. The third-order valence-corrected chi connectivity index (χ3v) is 2.64. The summed E-state index contributed by atoms with van der Waals surface area (Å²) in [5, 5.41) is 8.13. The molecule has 13 heavy (non-hydrogen) atoms. The average molecular weight is 178 g/mol. The van der Waals surface area contributed by atoms with E-state index in [-0.39, 0.29) is 0 Å². The molecule has 1 aliphatic carbocycles. The molecule has 0 radical (unpaired) electrons. The summed E-state index contributed by atoms with van der Waals surface area (Å²) in [5.41, 5.74) is 1.12. The van der Waals surface area contributed by atoms with Crippen LogP contribution in [0.2, 0.25) is 0 Å². The second-order valence-electron chi connectivity index (χ2n) is 3.48. The van der Waals surface area contributed by atoms with Crippen LogP contribution in [0.15, 0.2) is 12.1 Å². The van der Waals surface area contributed by atoms with E-state index in [2.05, 4.69) is 10.2 Å². The highest BCUT2D eigenvalue weighted by molar-refractivity contribution is 5.15. The quantitative estimate of drug-likeness (QED) is 0.696. The number of rotatable bonds is 2. The molecule has 2 rings (SSSR count). The fraction of sp³-hybridized carbons (Fsp3) is 0.600. The number of hydrogen-bond donors (Lipinski definition) is 0. The Morgan fingerprint density at radius 1 is 1.23 bits per heavy atom. The van der Waals surface area contributed by atoms with E-state index >= 15 is 0 Å². The fourth-order valence-electron chi connectivity index (χ4n) is 1.88. The Balaban J connectivity index is 2.12. The van der Waals surface area contributed by atoms with Gasteiger partial charge in [0.1, 0.15) is 0 Å². The summed E-state index contributed by atoms with van der Waals surface area (Å²) >= 11 is 0.